The summed E-state index contributed by atoms with van der Waals surface area (Å²) in [5.74, 6) is 3.35. The zero-order valence-corrected chi connectivity index (χ0v) is 12.0. The Kier molecular flexibility index (Phi) is 2.64. The Bertz CT molecular complexity index is 567. The number of carbonyl (C=O) groups is 1. The quantitative estimate of drug-likeness (QED) is 0.837. The van der Waals surface area contributed by atoms with Crippen LogP contribution in [0.2, 0.25) is 0 Å². The summed E-state index contributed by atoms with van der Waals surface area (Å²) < 4.78 is 0. The average Bonchev–Trinajstić information content (AvgIpc) is 2.84. The summed E-state index contributed by atoms with van der Waals surface area (Å²) in [4.78, 5) is 12.6. The van der Waals surface area contributed by atoms with Crippen molar-refractivity contribution in [1.82, 2.24) is 5.32 Å². The monoisotopic (exact) mass is 286 g/mol. The summed E-state index contributed by atoms with van der Waals surface area (Å²) in [5.41, 5.74) is 7.06. The fraction of sp³-hybridized carbons (Fsp3) is 0.500. The van der Waals surface area contributed by atoms with Gasteiger partial charge in [0.1, 0.15) is 4.99 Å². The van der Waals surface area contributed by atoms with Crippen molar-refractivity contribution >= 4 is 23.1 Å². The molecule has 104 valence electrons. The lowest BCUT2D eigenvalue weighted by molar-refractivity contribution is 0.0944. The minimum Gasteiger partial charge on any atom is -0.389 e. The molecule has 4 rings (SSSR count). The molecule has 3 aliphatic rings. The predicted molar refractivity (Wildman–Crippen MR) is 81.4 cm³/mol. The molecule has 3 aliphatic carbocycles. The summed E-state index contributed by atoms with van der Waals surface area (Å²) in [6, 6.07) is 7.67. The van der Waals surface area contributed by atoms with Crippen molar-refractivity contribution in [1.29, 1.82) is 0 Å². The van der Waals surface area contributed by atoms with Gasteiger partial charge in [0.25, 0.3) is 5.91 Å². The van der Waals surface area contributed by atoms with Crippen LogP contribution >= 0.6 is 12.2 Å². The maximum absolute atomic E-state index is 12.3. The predicted octanol–water partition coefficient (Wildman–Crippen LogP) is 2.10. The van der Waals surface area contributed by atoms with Gasteiger partial charge < -0.3 is 11.1 Å². The summed E-state index contributed by atoms with van der Waals surface area (Å²) >= 11 is 4.92. The Labute approximate surface area is 123 Å². The summed E-state index contributed by atoms with van der Waals surface area (Å²) in [6.45, 7) is 0. The molecule has 4 heteroatoms. The van der Waals surface area contributed by atoms with Crippen molar-refractivity contribution < 1.29 is 4.79 Å². The fourth-order valence-corrected chi connectivity index (χ4v) is 4.68. The first-order valence-corrected chi connectivity index (χ1v) is 7.76. The van der Waals surface area contributed by atoms with E-state index in [1.807, 2.05) is 12.1 Å². The molecule has 3 saturated carbocycles. The minimum absolute atomic E-state index is 0.0401. The van der Waals surface area contributed by atoms with Crippen LogP contribution in [0.1, 0.15) is 35.2 Å². The van der Waals surface area contributed by atoms with E-state index in [-0.39, 0.29) is 5.91 Å². The number of rotatable bonds is 3. The van der Waals surface area contributed by atoms with Crippen LogP contribution in [-0.4, -0.2) is 16.9 Å². The van der Waals surface area contributed by atoms with Gasteiger partial charge in [-0.1, -0.05) is 24.4 Å². The Morgan fingerprint density at radius 2 is 1.65 bits per heavy atom. The van der Waals surface area contributed by atoms with Gasteiger partial charge in [-0.15, -0.1) is 0 Å². The highest BCUT2D eigenvalue weighted by molar-refractivity contribution is 7.80. The van der Waals surface area contributed by atoms with Gasteiger partial charge in [0.2, 0.25) is 0 Å². The lowest BCUT2D eigenvalue weighted by Crippen LogP contribution is -2.29. The zero-order valence-electron chi connectivity index (χ0n) is 11.2. The normalized spacial score (nSPS) is 36.5. The molecular formula is C16H18N2OS. The van der Waals surface area contributed by atoms with E-state index in [0.29, 0.717) is 16.6 Å². The van der Waals surface area contributed by atoms with Crippen molar-refractivity contribution in [2.45, 2.75) is 25.3 Å². The molecule has 0 spiro atoms. The molecule has 3 N–H and O–H groups in total. The first-order valence-electron chi connectivity index (χ1n) is 7.36. The van der Waals surface area contributed by atoms with Gasteiger partial charge in [-0.3, -0.25) is 4.79 Å². The van der Waals surface area contributed by atoms with Gasteiger partial charge >= 0.3 is 0 Å². The maximum Gasteiger partial charge on any atom is 0.251 e. The van der Waals surface area contributed by atoms with Crippen LogP contribution in [0, 0.1) is 23.7 Å². The topological polar surface area (TPSA) is 55.1 Å². The third-order valence-corrected chi connectivity index (χ3v) is 5.70. The van der Waals surface area contributed by atoms with E-state index in [1.54, 1.807) is 12.1 Å². The molecule has 0 saturated heterocycles. The van der Waals surface area contributed by atoms with E-state index >= 15 is 0 Å². The van der Waals surface area contributed by atoms with Crippen LogP contribution in [0.3, 0.4) is 0 Å². The summed E-state index contributed by atoms with van der Waals surface area (Å²) in [7, 11) is 0. The number of fused-ring (bicyclic) bond motifs is 5. The van der Waals surface area contributed by atoms with Crippen molar-refractivity contribution in [3.63, 3.8) is 0 Å². The second-order valence-electron chi connectivity index (χ2n) is 6.43. The van der Waals surface area contributed by atoms with Crippen molar-refractivity contribution in [2.75, 3.05) is 0 Å². The third kappa shape index (κ3) is 1.78. The Morgan fingerprint density at radius 1 is 1.10 bits per heavy atom. The maximum atomic E-state index is 12.3. The molecule has 4 unspecified atom stereocenters. The highest BCUT2D eigenvalue weighted by Gasteiger charge is 2.65. The van der Waals surface area contributed by atoms with Gasteiger partial charge in [-0.05, 0) is 55.1 Å². The number of nitrogens with two attached hydrogens (primary N) is 1. The largest absolute Gasteiger partial charge is 0.389 e. The molecule has 20 heavy (non-hydrogen) atoms. The lowest BCUT2D eigenvalue weighted by atomic mass is 10.0. The van der Waals surface area contributed by atoms with E-state index in [1.165, 1.54) is 19.3 Å². The highest BCUT2D eigenvalue weighted by atomic mass is 32.1. The van der Waals surface area contributed by atoms with Crippen LogP contribution in [0.15, 0.2) is 24.3 Å². The van der Waals surface area contributed by atoms with E-state index < -0.39 is 0 Å². The second-order valence-corrected chi connectivity index (χ2v) is 6.87. The van der Waals surface area contributed by atoms with Crippen LogP contribution in [-0.2, 0) is 0 Å². The molecule has 0 heterocycles. The van der Waals surface area contributed by atoms with Crippen LogP contribution < -0.4 is 11.1 Å². The Balaban J connectivity index is 1.43. The smallest absolute Gasteiger partial charge is 0.251 e. The number of hydrogen-bond acceptors (Lipinski definition) is 2. The fourth-order valence-electron chi connectivity index (χ4n) is 4.54. The first kappa shape index (κ1) is 12.3. The van der Waals surface area contributed by atoms with Crippen molar-refractivity contribution in [3.05, 3.63) is 35.4 Å². The van der Waals surface area contributed by atoms with Crippen molar-refractivity contribution in [3.8, 4) is 0 Å². The lowest BCUT2D eigenvalue weighted by Gasteiger charge is -2.11. The number of amides is 1. The molecule has 0 aromatic heterocycles. The zero-order chi connectivity index (χ0) is 13.9. The number of thiocarbonyl (C=S) groups is 1. The molecule has 0 radical (unpaired) electrons. The molecule has 1 amide bonds. The molecule has 4 atom stereocenters. The molecular weight excluding hydrogens is 268 g/mol. The number of nitrogens with one attached hydrogen (secondary N) is 1. The van der Waals surface area contributed by atoms with Crippen LogP contribution in [0.4, 0.5) is 0 Å². The molecule has 2 bridgehead atoms. The van der Waals surface area contributed by atoms with Gasteiger partial charge in [0, 0.05) is 17.2 Å². The summed E-state index contributed by atoms with van der Waals surface area (Å²) in [5, 5.41) is 3.22. The van der Waals surface area contributed by atoms with Crippen LogP contribution in [0.5, 0.6) is 0 Å². The van der Waals surface area contributed by atoms with E-state index in [9.17, 15) is 4.79 Å². The van der Waals surface area contributed by atoms with Gasteiger partial charge in [-0.2, -0.15) is 0 Å². The van der Waals surface area contributed by atoms with Gasteiger partial charge in [0.15, 0.2) is 0 Å². The number of carbonyl (C=O) groups excluding carboxylic acids is 1. The first-order chi connectivity index (χ1) is 9.65. The summed E-state index contributed by atoms with van der Waals surface area (Å²) in [6.07, 6.45) is 4.16. The van der Waals surface area contributed by atoms with E-state index in [2.05, 4.69) is 5.32 Å². The van der Waals surface area contributed by atoms with E-state index in [0.717, 1.165) is 29.2 Å². The number of benzene rings is 1. The van der Waals surface area contributed by atoms with Gasteiger partial charge in [-0.25, -0.2) is 0 Å². The Morgan fingerprint density at radius 3 is 2.20 bits per heavy atom. The third-order valence-electron chi connectivity index (χ3n) is 5.46. The number of hydrogen-bond donors (Lipinski definition) is 2. The van der Waals surface area contributed by atoms with Gasteiger partial charge in [0.05, 0.1) is 0 Å². The standard InChI is InChI=1S/C16H18N2OS/c17-15(20)8-1-3-9(4-2-8)16(19)18-14-12-10-5-6-11(7-10)13(12)14/h1-4,10-14H,5-7H2,(H2,17,20)(H,18,19). The molecule has 1 aromatic rings. The second kappa shape index (κ2) is 4.29. The highest BCUT2D eigenvalue weighted by Crippen LogP contribution is 2.65. The van der Waals surface area contributed by atoms with Crippen molar-refractivity contribution in [2.24, 2.45) is 29.4 Å². The Hall–Kier alpha value is -1.42. The average molecular weight is 286 g/mol. The molecule has 1 aromatic carbocycles. The van der Waals surface area contributed by atoms with E-state index in [4.69, 9.17) is 18.0 Å². The van der Waals surface area contributed by atoms with Crippen LogP contribution in [0.25, 0.3) is 0 Å². The SMILES string of the molecule is NC(=S)c1ccc(C(=O)NC2C3C4CCC(C4)C23)cc1. The minimum atomic E-state index is 0.0401. The molecule has 3 nitrogen and oxygen atoms in total. The molecule has 0 aliphatic heterocycles. The molecule has 3 fully saturated rings.